The molecule has 0 aliphatic heterocycles. The monoisotopic (exact) mass is 263 g/mol. The molecule has 0 radical (unpaired) electrons. The quantitative estimate of drug-likeness (QED) is 0.919. The van der Waals surface area contributed by atoms with E-state index in [9.17, 15) is 4.39 Å². The van der Waals surface area contributed by atoms with Crippen molar-refractivity contribution in [3.63, 3.8) is 0 Å². The highest BCUT2D eigenvalue weighted by atomic mass is 19.1. The van der Waals surface area contributed by atoms with Crippen LogP contribution < -0.4 is 10.1 Å². The van der Waals surface area contributed by atoms with Crippen molar-refractivity contribution in [2.24, 2.45) is 7.05 Å². The number of nitrogens with zero attached hydrogens (tertiary/aromatic N) is 2. The van der Waals surface area contributed by atoms with Gasteiger partial charge >= 0.3 is 0 Å². The van der Waals surface area contributed by atoms with Crippen LogP contribution in [0.3, 0.4) is 0 Å². The number of benzene rings is 1. The average molecular weight is 263 g/mol. The van der Waals surface area contributed by atoms with Crippen LogP contribution in [0.15, 0.2) is 24.3 Å². The molecule has 0 aliphatic rings. The molecule has 102 valence electrons. The number of ether oxygens (including phenoxy) is 1. The minimum absolute atomic E-state index is 0.239. The number of hydrogen-bond donors (Lipinski definition) is 1. The minimum Gasteiger partial charge on any atom is -0.497 e. The summed E-state index contributed by atoms with van der Waals surface area (Å²) in [5, 5.41) is 7.42. The van der Waals surface area contributed by atoms with Crippen LogP contribution in [-0.2, 0) is 7.05 Å². The lowest BCUT2D eigenvalue weighted by Crippen LogP contribution is -2.21. The van der Waals surface area contributed by atoms with E-state index in [-0.39, 0.29) is 11.9 Å². The standard InChI is InChI=1S/C14H18FN3O/c1-9-7-13(18(3)17-9)14(16-2)11-6-5-10(19-4)8-12(11)15/h5-8,14,16H,1-4H3. The number of methoxy groups -OCH3 is 1. The summed E-state index contributed by atoms with van der Waals surface area (Å²) in [4.78, 5) is 0. The number of aryl methyl sites for hydroxylation is 2. The fourth-order valence-electron chi connectivity index (χ4n) is 2.23. The number of rotatable bonds is 4. The Kier molecular flexibility index (Phi) is 3.85. The molecule has 4 nitrogen and oxygen atoms in total. The molecule has 0 saturated heterocycles. The Hall–Kier alpha value is -1.88. The molecule has 1 unspecified atom stereocenters. The highest BCUT2D eigenvalue weighted by Crippen LogP contribution is 2.27. The van der Waals surface area contributed by atoms with Crippen molar-refractivity contribution < 1.29 is 9.13 Å². The van der Waals surface area contributed by atoms with Crippen LogP contribution in [0.1, 0.15) is 23.0 Å². The van der Waals surface area contributed by atoms with Gasteiger partial charge in [-0.15, -0.1) is 0 Å². The third-order valence-corrected chi connectivity index (χ3v) is 3.14. The molecule has 0 aliphatic carbocycles. The van der Waals surface area contributed by atoms with Gasteiger partial charge in [0.05, 0.1) is 24.5 Å². The maximum Gasteiger partial charge on any atom is 0.132 e. The topological polar surface area (TPSA) is 39.1 Å². The average Bonchev–Trinajstić information content (AvgIpc) is 2.71. The molecule has 1 aromatic heterocycles. The summed E-state index contributed by atoms with van der Waals surface area (Å²) in [6, 6.07) is 6.59. The first-order valence-corrected chi connectivity index (χ1v) is 6.08. The highest BCUT2D eigenvalue weighted by molar-refractivity contribution is 5.35. The van der Waals surface area contributed by atoms with Crippen molar-refractivity contribution in [3.05, 3.63) is 47.0 Å². The largest absolute Gasteiger partial charge is 0.497 e. The first-order chi connectivity index (χ1) is 9.06. The van der Waals surface area contributed by atoms with Gasteiger partial charge in [-0.3, -0.25) is 4.68 Å². The van der Waals surface area contributed by atoms with Gasteiger partial charge in [0.2, 0.25) is 0 Å². The van der Waals surface area contributed by atoms with Gasteiger partial charge in [0.15, 0.2) is 0 Å². The van der Waals surface area contributed by atoms with Gasteiger partial charge in [0.1, 0.15) is 11.6 Å². The fraction of sp³-hybridized carbons (Fsp3) is 0.357. The Morgan fingerprint density at radius 1 is 1.37 bits per heavy atom. The minimum atomic E-state index is -0.294. The van der Waals surface area contributed by atoms with Gasteiger partial charge in [-0.2, -0.15) is 5.10 Å². The second-order valence-electron chi connectivity index (χ2n) is 4.44. The smallest absolute Gasteiger partial charge is 0.132 e. The first-order valence-electron chi connectivity index (χ1n) is 6.08. The van der Waals surface area contributed by atoms with Crippen molar-refractivity contribution in [1.82, 2.24) is 15.1 Å². The van der Waals surface area contributed by atoms with Gasteiger partial charge in [-0.25, -0.2) is 4.39 Å². The number of aromatic nitrogens is 2. The van der Waals surface area contributed by atoms with Gasteiger partial charge in [0.25, 0.3) is 0 Å². The van der Waals surface area contributed by atoms with E-state index in [1.165, 1.54) is 13.2 Å². The zero-order valence-electron chi connectivity index (χ0n) is 11.6. The summed E-state index contributed by atoms with van der Waals surface area (Å²) in [7, 11) is 5.18. The molecule has 1 N–H and O–H groups in total. The Labute approximate surface area is 112 Å². The van der Waals surface area contributed by atoms with E-state index in [1.807, 2.05) is 20.0 Å². The van der Waals surface area contributed by atoms with Crippen LogP contribution in [0.25, 0.3) is 0 Å². The summed E-state index contributed by atoms with van der Waals surface area (Å²) >= 11 is 0. The van der Waals surface area contributed by atoms with E-state index in [4.69, 9.17) is 4.74 Å². The molecule has 2 rings (SSSR count). The lowest BCUT2D eigenvalue weighted by atomic mass is 10.0. The molecular weight excluding hydrogens is 245 g/mol. The normalized spacial score (nSPS) is 12.5. The van der Waals surface area contributed by atoms with Crippen LogP contribution in [0.2, 0.25) is 0 Å². The lowest BCUT2D eigenvalue weighted by molar-refractivity contribution is 0.410. The molecule has 0 bridgehead atoms. The molecular formula is C14H18FN3O. The summed E-state index contributed by atoms with van der Waals surface area (Å²) < 4.78 is 20.9. The van der Waals surface area contributed by atoms with Crippen LogP contribution in [0, 0.1) is 12.7 Å². The van der Waals surface area contributed by atoms with Crippen molar-refractivity contribution in [2.45, 2.75) is 13.0 Å². The SMILES string of the molecule is CNC(c1ccc(OC)cc1F)c1cc(C)nn1C. The second kappa shape index (κ2) is 5.40. The van der Waals surface area contributed by atoms with Gasteiger partial charge < -0.3 is 10.1 Å². The molecule has 0 saturated carbocycles. The predicted molar refractivity (Wildman–Crippen MR) is 71.8 cm³/mol. The van der Waals surface area contributed by atoms with Crippen LogP contribution in [0.5, 0.6) is 5.75 Å². The highest BCUT2D eigenvalue weighted by Gasteiger charge is 2.20. The summed E-state index contributed by atoms with van der Waals surface area (Å²) in [6.45, 7) is 1.92. The Morgan fingerprint density at radius 2 is 2.11 bits per heavy atom. The zero-order valence-corrected chi connectivity index (χ0v) is 11.6. The van der Waals surface area contributed by atoms with E-state index < -0.39 is 0 Å². The molecule has 0 spiro atoms. The maximum absolute atomic E-state index is 14.1. The van der Waals surface area contributed by atoms with Gasteiger partial charge in [-0.05, 0) is 26.1 Å². The fourth-order valence-corrected chi connectivity index (χ4v) is 2.23. The van der Waals surface area contributed by atoms with Gasteiger partial charge in [0, 0.05) is 18.7 Å². The Bertz CT molecular complexity index is 580. The molecule has 1 atom stereocenters. The summed E-state index contributed by atoms with van der Waals surface area (Å²) in [6.07, 6.45) is 0. The number of nitrogens with one attached hydrogen (secondary N) is 1. The summed E-state index contributed by atoms with van der Waals surface area (Å²) in [5.74, 6) is 0.217. The van der Waals surface area contributed by atoms with E-state index in [1.54, 1.807) is 23.9 Å². The van der Waals surface area contributed by atoms with Crippen molar-refractivity contribution in [1.29, 1.82) is 0 Å². The van der Waals surface area contributed by atoms with Crippen LogP contribution in [-0.4, -0.2) is 23.9 Å². The molecule has 2 aromatic rings. The van der Waals surface area contributed by atoms with Crippen molar-refractivity contribution in [3.8, 4) is 5.75 Å². The van der Waals surface area contributed by atoms with Gasteiger partial charge in [-0.1, -0.05) is 6.07 Å². The second-order valence-corrected chi connectivity index (χ2v) is 4.44. The Morgan fingerprint density at radius 3 is 2.58 bits per heavy atom. The van der Waals surface area contributed by atoms with Crippen LogP contribution >= 0.6 is 0 Å². The third-order valence-electron chi connectivity index (χ3n) is 3.14. The maximum atomic E-state index is 14.1. The van der Waals surface area contributed by atoms with E-state index in [2.05, 4.69) is 10.4 Å². The number of hydrogen-bond acceptors (Lipinski definition) is 3. The molecule has 1 heterocycles. The van der Waals surface area contributed by atoms with E-state index in [0.717, 1.165) is 11.4 Å². The van der Waals surface area contributed by atoms with Crippen molar-refractivity contribution in [2.75, 3.05) is 14.2 Å². The Balaban J connectivity index is 2.45. The van der Waals surface area contributed by atoms with E-state index in [0.29, 0.717) is 11.3 Å². The lowest BCUT2D eigenvalue weighted by Gasteiger charge is -2.18. The predicted octanol–water partition coefficient (Wildman–Crippen LogP) is 2.19. The van der Waals surface area contributed by atoms with Crippen molar-refractivity contribution >= 4 is 0 Å². The summed E-state index contributed by atoms with van der Waals surface area (Å²) in [5.41, 5.74) is 2.40. The molecule has 1 aromatic carbocycles. The zero-order chi connectivity index (χ0) is 14.0. The third kappa shape index (κ3) is 2.61. The molecule has 0 amide bonds. The number of halogens is 1. The molecule has 5 heteroatoms. The molecule has 0 fully saturated rings. The van der Waals surface area contributed by atoms with E-state index >= 15 is 0 Å². The first kappa shape index (κ1) is 13.5. The van der Waals surface area contributed by atoms with Crippen LogP contribution in [0.4, 0.5) is 4.39 Å². The molecule has 19 heavy (non-hydrogen) atoms.